The summed E-state index contributed by atoms with van der Waals surface area (Å²) in [5.74, 6) is 0.261. The van der Waals surface area contributed by atoms with Gasteiger partial charge in [-0.2, -0.15) is 0 Å². The quantitative estimate of drug-likeness (QED) is 0.795. The van der Waals surface area contributed by atoms with E-state index in [1.807, 2.05) is 19.1 Å². The van der Waals surface area contributed by atoms with Crippen LogP contribution in [0.4, 0.5) is 5.69 Å². The Balaban J connectivity index is 1.89. The van der Waals surface area contributed by atoms with Crippen LogP contribution in [0.3, 0.4) is 0 Å². The second-order valence-electron chi connectivity index (χ2n) is 4.21. The standard InChI is InChI=1S/C12H15ClN2O/c1-8-5-6-10(7-11(8)13)14-15-12(16)9-3-2-4-9/h5-7,9,14H,2-4H2,1H3,(H,15,16). The van der Waals surface area contributed by atoms with Gasteiger partial charge in [0.2, 0.25) is 5.91 Å². The molecule has 4 heteroatoms. The zero-order valence-corrected chi connectivity index (χ0v) is 9.97. The van der Waals surface area contributed by atoms with Gasteiger partial charge >= 0.3 is 0 Å². The molecule has 3 nitrogen and oxygen atoms in total. The minimum atomic E-state index is 0.0722. The fourth-order valence-corrected chi connectivity index (χ4v) is 1.76. The van der Waals surface area contributed by atoms with Crippen LogP contribution >= 0.6 is 11.6 Å². The van der Waals surface area contributed by atoms with Gasteiger partial charge in [-0.05, 0) is 37.5 Å². The number of anilines is 1. The highest BCUT2D eigenvalue weighted by Gasteiger charge is 2.24. The van der Waals surface area contributed by atoms with Crippen LogP contribution in [0, 0.1) is 12.8 Å². The summed E-state index contributed by atoms with van der Waals surface area (Å²) in [5, 5.41) is 0.697. The number of benzene rings is 1. The van der Waals surface area contributed by atoms with Gasteiger partial charge in [0, 0.05) is 10.9 Å². The molecule has 2 N–H and O–H groups in total. The van der Waals surface area contributed by atoms with Gasteiger partial charge in [-0.3, -0.25) is 15.6 Å². The van der Waals surface area contributed by atoms with Crippen molar-refractivity contribution in [2.45, 2.75) is 26.2 Å². The van der Waals surface area contributed by atoms with Crippen LogP contribution in [0.5, 0.6) is 0 Å². The predicted molar refractivity (Wildman–Crippen MR) is 65.3 cm³/mol. The van der Waals surface area contributed by atoms with Crippen LogP contribution in [0.2, 0.25) is 5.02 Å². The van der Waals surface area contributed by atoms with Crippen molar-refractivity contribution in [1.29, 1.82) is 0 Å². The molecule has 16 heavy (non-hydrogen) atoms. The molecule has 1 aromatic rings. The highest BCUT2D eigenvalue weighted by atomic mass is 35.5. The highest BCUT2D eigenvalue weighted by Crippen LogP contribution is 2.26. The van der Waals surface area contributed by atoms with E-state index in [2.05, 4.69) is 10.9 Å². The normalized spacial score (nSPS) is 15.4. The summed E-state index contributed by atoms with van der Waals surface area (Å²) in [5.41, 5.74) is 7.41. The predicted octanol–water partition coefficient (Wildman–Crippen LogP) is 2.89. The Bertz CT molecular complexity index is 402. The molecule has 1 saturated carbocycles. The molecule has 1 aliphatic rings. The maximum absolute atomic E-state index is 11.5. The summed E-state index contributed by atoms with van der Waals surface area (Å²) in [7, 11) is 0. The van der Waals surface area contributed by atoms with Crippen molar-refractivity contribution in [2.24, 2.45) is 5.92 Å². The van der Waals surface area contributed by atoms with Gasteiger partial charge in [-0.1, -0.05) is 24.1 Å². The van der Waals surface area contributed by atoms with E-state index >= 15 is 0 Å². The summed E-state index contributed by atoms with van der Waals surface area (Å²) in [6.07, 6.45) is 3.17. The maximum atomic E-state index is 11.5. The molecular weight excluding hydrogens is 224 g/mol. The first-order valence-corrected chi connectivity index (χ1v) is 5.86. The molecular formula is C12H15ClN2O. The molecule has 0 aromatic heterocycles. The van der Waals surface area contributed by atoms with Gasteiger partial charge in [0.05, 0.1) is 5.69 Å². The first kappa shape index (κ1) is 11.3. The minimum absolute atomic E-state index is 0.0722. The van der Waals surface area contributed by atoms with Gasteiger partial charge in [-0.25, -0.2) is 0 Å². The largest absolute Gasteiger partial charge is 0.299 e. The minimum Gasteiger partial charge on any atom is -0.299 e. The van der Waals surface area contributed by atoms with E-state index in [0.29, 0.717) is 5.02 Å². The Labute approximate surface area is 100 Å². The molecule has 1 fully saturated rings. The number of rotatable bonds is 3. The second-order valence-corrected chi connectivity index (χ2v) is 4.61. The van der Waals surface area contributed by atoms with E-state index in [9.17, 15) is 4.79 Å². The molecule has 86 valence electrons. The van der Waals surface area contributed by atoms with E-state index in [-0.39, 0.29) is 11.8 Å². The zero-order chi connectivity index (χ0) is 11.5. The van der Waals surface area contributed by atoms with Crippen molar-refractivity contribution < 1.29 is 4.79 Å². The summed E-state index contributed by atoms with van der Waals surface area (Å²) in [6, 6.07) is 5.61. The Morgan fingerprint density at radius 2 is 2.19 bits per heavy atom. The highest BCUT2D eigenvalue weighted by molar-refractivity contribution is 6.31. The number of hydrogen-bond acceptors (Lipinski definition) is 2. The Morgan fingerprint density at radius 1 is 1.44 bits per heavy atom. The summed E-state index contributed by atoms with van der Waals surface area (Å²) in [6.45, 7) is 1.94. The average molecular weight is 239 g/mol. The molecule has 1 amide bonds. The van der Waals surface area contributed by atoms with Gasteiger partial charge in [-0.15, -0.1) is 0 Å². The third-order valence-electron chi connectivity index (χ3n) is 2.98. The Hall–Kier alpha value is -1.22. The first-order chi connectivity index (χ1) is 7.66. The SMILES string of the molecule is Cc1ccc(NNC(=O)C2CCC2)cc1Cl. The van der Waals surface area contributed by atoms with Crippen molar-refractivity contribution in [3.63, 3.8) is 0 Å². The fourth-order valence-electron chi connectivity index (χ4n) is 1.58. The fraction of sp³-hybridized carbons (Fsp3) is 0.417. The molecule has 0 unspecified atom stereocenters. The van der Waals surface area contributed by atoms with Crippen molar-refractivity contribution in [2.75, 3.05) is 5.43 Å². The Kier molecular flexibility index (Phi) is 3.34. The first-order valence-electron chi connectivity index (χ1n) is 5.49. The summed E-state index contributed by atoms with van der Waals surface area (Å²) < 4.78 is 0. The lowest BCUT2D eigenvalue weighted by Crippen LogP contribution is -2.37. The topological polar surface area (TPSA) is 41.1 Å². The summed E-state index contributed by atoms with van der Waals surface area (Å²) >= 11 is 5.98. The number of hydrazine groups is 1. The van der Waals surface area contributed by atoms with Gasteiger partial charge < -0.3 is 0 Å². The van der Waals surface area contributed by atoms with Crippen LogP contribution in [0.15, 0.2) is 18.2 Å². The number of nitrogens with one attached hydrogen (secondary N) is 2. The third kappa shape index (κ3) is 2.47. The molecule has 1 aromatic carbocycles. The number of aryl methyl sites for hydroxylation is 1. The van der Waals surface area contributed by atoms with Crippen molar-refractivity contribution in [3.8, 4) is 0 Å². The van der Waals surface area contributed by atoms with Crippen molar-refractivity contribution in [3.05, 3.63) is 28.8 Å². The monoisotopic (exact) mass is 238 g/mol. The summed E-state index contributed by atoms with van der Waals surface area (Å²) in [4.78, 5) is 11.5. The van der Waals surface area contributed by atoms with E-state index in [0.717, 1.165) is 30.5 Å². The smallest absolute Gasteiger partial charge is 0.241 e. The van der Waals surface area contributed by atoms with E-state index < -0.39 is 0 Å². The molecule has 0 aliphatic heterocycles. The molecule has 0 bridgehead atoms. The lowest BCUT2D eigenvalue weighted by molar-refractivity contribution is -0.126. The van der Waals surface area contributed by atoms with Crippen molar-refractivity contribution in [1.82, 2.24) is 5.43 Å². The third-order valence-corrected chi connectivity index (χ3v) is 3.39. The molecule has 1 aliphatic carbocycles. The number of hydrogen-bond donors (Lipinski definition) is 2. The molecule has 0 radical (unpaired) electrons. The molecule has 0 spiro atoms. The van der Waals surface area contributed by atoms with Gasteiger partial charge in [0.1, 0.15) is 0 Å². The molecule has 2 rings (SSSR count). The lowest BCUT2D eigenvalue weighted by atomic mass is 9.85. The van der Waals surface area contributed by atoms with Gasteiger partial charge in [0.15, 0.2) is 0 Å². The number of carbonyl (C=O) groups is 1. The molecule has 0 heterocycles. The Morgan fingerprint density at radius 3 is 2.75 bits per heavy atom. The van der Waals surface area contributed by atoms with E-state index in [1.165, 1.54) is 0 Å². The van der Waals surface area contributed by atoms with Crippen molar-refractivity contribution >= 4 is 23.2 Å². The van der Waals surface area contributed by atoms with E-state index in [4.69, 9.17) is 11.6 Å². The molecule has 0 atom stereocenters. The lowest BCUT2D eigenvalue weighted by Gasteiger charge is -2.24. The second kappa shape index (κ2) is 4.74. The maximum Gasteiger partial charge on any atom is 0.241 e. The van der Waals surface area contributed by atoms with Crippen LogP contribution in [0.1, 0.15) is 24.8 Å². The van der Waals surface area contributed by atoms with Crippen LogP contribution in [-0.2, 0) is 4.79 Å². The average Bonchev–Trinajstić information content (AvgIpc) is 2.17. The molecule has 0 saturated heterocycles. The van der Waals surface area contributed by atoms with Gasteiger partial charge in [0.25, 0.3) is 0 Å². The zero-order valence-electron chi connectivity index (χ0n) is 9.22. The van der Waals surface area contributed by atoms with E-state index in [1.54, 1.807) is 6.07 Å². The van der Waals surface area contributed by atoms with Crippen LogP contribution < -0.4 is 10.9 Å². The number of halogens is 1. The number of carbonyl (C=O) groups excluding carboxylic acids is 1. The van der Waals surface area contributed by atoms with Crippen LogP contribution in [0.25, 0.3) is 0 Å². The van der Waals surface area contributed by atoms with Crippen LogP contribution in [-0.4, -0.2) is 5.91 Å². The number of amides is 1.